The predicted molar refractivity (Wildman–Crippen MR) is 74.8 cm³/mol. The zero-order valence-electron chi connectivity index (χ0n) is 11.9. The number of carbonyl (C=O) groups excluding carboxylic acids is 2. The third-order valence-electron chi connectivity index (χ3n) is 3.94. The normalized spacial score (nSPS) is 20.5. The highest BCUT2D eigenvalue weighted by Gasteiger charge is 2.37. The van der Waals surface area contributed by atoms with E-state index in [2.05, 4.69) is 4.74 Å². The number of Topliss-reactive ketones (excluding diaryl/α,β-unsaturated/α-hetero) is 1. The first-order valence-corrected chi connectivity index (χ1v) is 6.93. The topological polar surface area (TPSA) is 63.6 Å². The number of rotatable bonds is 6. The molecule has 1 fully saturated rings. The molecule has 1 aliphatic rings. The number of carbonyl (C=O) groups is 2. The van der Waals surface area contributed by atoms with Crippen LogP contribution in [-0.4, -0.2) is 24.0 Å². The van der Waals surface area contributed by atoms with E-state index >= 15 is 0 Å². The van der Waals surface area contributed by atoms with E-state index in [1.165, 1.54) is 14.0 Å². The molecule has 1 aromatic carbocycles. The van der Waals surface area contributed by atoms with Crippen molar-refractivity contribution >= 4 is 11.8 Å². The molecular formula is C16H20O4. The number of esters is 1. The molecule has 0 heterocycles. The van der Waals surface area contributed by atoms with Crippen LogP contribution < -0.4 is 0 Å². The Labute approximate surface area is 118 Å². The maximum Gasteiger partial charge on any atom is 0.305 e. The molecule has 2 atom stereocenters. The maximum atomic E-state index is 11.3. The Balaban J connectivity index is 1.87. The molecule has 0 spiro atoms. The molecule has 1 N–H and O–H groups in total. The van der Waals surface area contributed by atoms with Crippen LogP contribution in [0, 0.1) is 5.92 Å². The second-order valence-electron chi connectivity index (χ2n) is 5.40. The highest BCUT2D eigenvalue weighted by Crippen LogP contribution is 2.50. The molecule has 2 rings (SSSR count). The van der Waals surface area contributed by atoms with Crippen LogP contribution in [0.5, 0.6) is 5.75 Å². The number of ether oxygens (including phenoxy) is 1. The van der Waals surface area contributed by atoms with E-state index < -0.39 is 0 Å². The highest BCUT2D eigenvalue weighted by atomic mass is 16.5. The molecule has 0 amide bonds. The van der Waals surface area contributed by atoms with Crippen LogP contribution in [-0.2, 0) is 9.53 Å². The maximum absolute atomic E-state index is 11.3. The van der Waals surface area contributed by atoms with Gasteiger partial charge >= 0.3 is 5.97 Å². The molecule has 0 aliphatic heterocycles. The highest BCUT2D eigenvalue weighted by molar-refractivity contribution is 5.96. The van der Waals surface area contributed by atoms with Gasteiger partial charge in [0.15, 0.2) is 5.78 Å². The summed E-state index contributed by atoms with van der Waals surface area (Å²) in [5.41, 5.74) is 1.45. The van der Waals surface area contributed by atoms with Gasteiger partial charge in [0.1, 0.15) is 5.75 Å². The van der Waals surface area contributed by atoms with Crippen molar-refractivity contribution in [1.29, 1.82) is 0 Å². The number of hydrogen-bond donors (Lipinski definition) is 1. The standard InChI is InChI=1S/C16H20O4/c1-10(17)13-7-6-12(9-15(13)18)14-8-11(14)4-3-5-16(19)20-2/h6-7,9,11,14,18H,3-5,8H2,1-2H3. The largest absolute Gasteiger partial charge is 0.507 e. The number of aromatic hydroxyl groups is 1. The van der Waals surface area contributed by atoms with Gasteiger partial charge in [0.2, 0.25) is 0 Å². The number of methoxy groups -OCH3 is 1. The summed E-state index contributed by atoms with van der Waals surface area (Å²) in [6.07, 6.45) is 3.38. The van der Waals surface area contributed by atoms with E-state index in [-0.39, 0.29) is 17.5 Å². The quantitative estimate of drug-likeness (QED) is 0.640. The predicted octanol–water partition coefficient (Wildman–Crippen LogP) is 3.04. The summed E-state index contributed by atoms with van der Waals surface area (Å²) < 4.78 is 4.61. The second kappa shape index (κ2) is 6.07. The third kappa shape index (κ3) is 3.38. The van der Waals surface area contributed by atoms with Crippen LogP contribution in [0.2, 0.25) is 0 Å². The van der Waals surface area contributed by atoms with E-state index in [4.69, 9.17) is 0 Å². The Hall–Kier alpha value is -1.84. The second-order valence-corrected chi connectivity index (χ2v) is 5.40. The summed E-state index contributed by atoms with van der Waals surface area (Å²) in [6.45, 7) is 1.45. The van der Waals surface area contributed by atoms with Crippen molar-refractivity contribution in [1.82, 2.24) is 0 Å². The van der Waals surface area contributed by atoms with Crippen LogP contribution in [0.3, 0.4) is 0 Å². The van der Waals surface area contributed by atoms with Crippen molar-refractivity contribution < 1.29 is 19.4 Å². The lowest BCUT2D eigenvalue weighted by molar-refractivity contribution is -0.140. The van der Waals surface area contributed by atoms with Crippen LogP contribution in [0.25, 0.3) is 0 Å². The minimum atomic E-state index is -0.161. The monoisotopic (exact) mass is 276 g/mol. The summed E-state index contributed by atoms with van der Waals surface area (Å²) in [5, 5.41) is 9.82. The Morgan fingerprint density at radius 3 is 2.75 bits per heavy atom. The van der Waals surface area contributed by atoms with Gasteiger partial charge in [-0.05, 0) is 55.7 Å². The molecule has 2 unspecified atom stereocenters. The van der Waals surface area contributed by atoms with Crippen molar-refractivity contribution in [3.8, 4) is 5.75 Å². The number of benzene rings is 1. The van der Waals surface area contributed by atoms with Crippen LogP contribution in [0.15, 0.2) is 18.2 Å². The Morgan fingerprint density at radius 1 is 1.40 bits per heavy atom. The first-order chi connectivity index (χ1) is 9.52. The number of hydrogen-bond acceptors (Lipinski definition) is 4. The van der Waals surface area contributed by atoms with Gasteiger partial charge in [-0.2, -0.15) is 0 Å². The third-order valence-corrected chi connectivity index (χ3v) is 3.94. The average molecular weight is 276 g/mol. The molecule has 1 aliphatic carbocycles. The fraction of sp³-hybridized carbons (Fsp3) is 0.500. The summed E-state index contributed by atoms with van der Waals surface area (Å²) in [4.78, 5) is 22.3. The molecule has 4 heteroatoms. The lowest BCUT2D eigenvalue weighted by atomic mass is 10.0. The van der Waals surface area contributed by atoms with Gasteiger partial charge in [-0.25, -0.2) is 0 Å². The molecule has 0 aromatic heterocycles. The zero-order valence-corrected chi connectivity index (χ0v) is 11.9. The minimum absolute atomic E-state index is 0.0650. The molecule has 4 nitrogen and oxygen atoms in total. The van der Waals surface area contributed by atoms with Crippen molar-refractivity contribution in [2.24, 2.45) is 5.92 Å². The molecule has 108 valence electrons. The van der Waals surface area contributed by atoms with Gasteiger partial charge in [0, 0.05) is 6.42 Å². The first kappa shape index (κ1) is 14.6. The lowest BCUT2D eigenvalue weighted by Crippen LogP contribution is -1.99. The average Bonchev–Trinajstić information content (AvgIpc) is 3.17. The number of ketones is 1. The van der Waals surface area contributed by atoms with E-state index in [1.807, 2.05) is 6.07 Å². The Bertz CT molecular complexity index is 521. The van der Waals surface area contributed by atoms with Gasteiger partial charge in [-0.15, -0.1) is 0 Å². The van der Waals surface area contributed by atoms with Crippen LogP contribution in [0.4, 0.5) is 0 Å². The summed E-state index contributed by atoms with van der Waals surface area (Å²) in [7, 11) is 1.40. The molecule has 1 aromatic rings. The molecule has 0 saturated heterocycles. The van der Waals surface area contributed by atoms with E-state index in [0.717, 1.165) is 24.8 Å². The van der Waals surface area contributed by atoms with Crippen molar-refractivity contribution in [2.45, 2.75) is 38.5 Å². The zero-order chi connectivity index (χ0) is 14.7. The van der Waals surface area contributed by atoms with Crippen molar-refractivity contribution in [3.05, 3.63) is 29.3 Å². The molecule has 0 bridgehead atoms. The Morgan fingerprint density at radius 2 is 2.15 bits per heavy atom. The van der Waals surface area contributed by atoms with Crippen LogP contribution >= 0.6 is 0 Å². The van der Waals surface area contributed by atoms with E-state index in [0.29, 0.717) is 23.8 Å². The van der Waals surface area contributed by atoms with Crippen molar-refractivity contribution in [3.63, 3.8) is 0 Å². The smallest absolute Gasteiger partial charge is 0.305 e. The SMILES string of the molecule is COC(=O)CCCC1CC1c1ccc(C(C)=O)c(O)c1. The fourth-order valence-corrected chi connectivity index (χ4v) is 2.66. The number of phenolic OH excluding ortho intramolecular Hbond substituents is 1. The molecule has 20 heavy (non-hydrogen) atoms. The van der Waals surface area contributed by atoms with Crippen molar-refractivity contribution in [2.75, 3.05) is 7.11 Å². The Kier molecular flexibility index (Phi) is 4.42. The van der Waals surface area contributed by atoms with Gasteiger partial charge in [0.25, 0.3) is 0 Å². The molecular weight excluding hydrogens is 256 g/mol. The summed E-state index contributed by atoms with van der Waals surface area (Å²) >= 11 is 0. The minimum Gasteiger partial charge on any atom is -0.507 e. The van der Waals surface area contributed by atoms with Gasteiger partial charge in [-0.1, -0.05) is 6.07 Å². The number of phenols is 1. The van der Waals surface area contributed by atoms with Crippen LogP contribution in [0.1, 0.15) is 54.4 Å². The van der Waals surface area contributed by atoms with E-state index in [9.17, 15) is 14.7 Å². The molecule has 1 saturated carbocycles. The van der Waals surface area contributed by atoms with Gasteiger partial charge in [0.05, 0.1) is 12.7 Å². The van der Waals surface area contributed by atoms with Gasteiger partial charge in [-0.3, -0.25) is 9.59 Å². The fourth-order valence-electron chi connectivity index (χ4n) is 2.66. The summed E-state index contributed by atoms with van der Waals surface area (Å²) in [6, 6.07) is 5.31. The molecule has 0 radical (unpaired) electrons. The first-order valence-electron chi connectivity index (χ1n) is 6.93. The van der Waals surface area contributed by atoms with E-state index in [1.54, 1.807) is 12.1 Å². The summed E-state index contributed by atoms with van der Waals surface area (Å²) in [5.74, 6) is 0.794. The van der Waals surface area contributed by atoms with Gasteiger partial charge < -0.3 is 9.84 Å². The lowest BCUT2D eigenvalue weighted by Gasteiger charge is -2.05.